The molecule has 0 spiro atoms. The highest BCUT2D eigenvalue weighted by Gasteiger charge is 2.03. The molecule has 0 aliphatic heterocycles. The van der Waals surface area contributed by atoms with Crippen LogP contribution >= 0.6 is 0 Å². The monoisotopic (exact) mass is 291 g/mol. The second-order valence-electron chi connectivity index (χ2n) is 3.84. The van der Waals surface area contributed by atoms with Crippen molar-refractivity contribution in [3.05, 3.63) is 44.6 Å². The standard InChI is InChI=1S/C12H13N5O4/c1-20-8-4-3-7(5-9(8)21-2)6-13-15-10-11(18)14-12(19)17-16-10/h3-6H,1-2H3,(H,15,16)(H2,14,17,18,19)/b13-6+. The van der Waals surface area contributed by atoms with Crippen LogP contribution < -0.4 is 26.1 Å². The highest BCUT2D eigenvalue weighted by atomic mass is 16.5. The van der Waals surface area contributed by atoms with E-state index in [1.807, 2.05) is 4.98 Å². The van der Waals surface area contributed by atoms with E-state index in [-0.39, 0.29) is 5.82 Å². The fraction of sp³-hybridized carbons (Fsp3) is 0.167. The average Bonchev–Trinajstić information content (AvgIpc) is 2.49. The van der Waals surface area contributed by atoms with Crippen LogP contribution in [0.1, 0.15) is 5.56 Å². The second-order valence-corrected chi connectivity index (χ2v) is 3.84. The summed E-state index contributed by atoms with van der Waals surface area (Å²) < 4.78 is 10.3. The molecule has 1 aromatic heterocycles. The minimum atomic E-state index is -0.686. The van der Waals surface area contributed by atoms with Crippen molar-refractivity contribution in [1.29, 1.82) is 0 Å². The SMILES string of the molecule is COc1ccc(/C=N/Nc2n[nH]c(=O)[nH]c2=O)cc1OC. The van der Waals surface area contributed by atoms with Gasteiger partial charge in [-0.15, -0.1) is 5.10 Å². The third-order valence-corrected chi connectivity index (χ3v) is 2.50. The molecule has 0 saturated heterocycles. The quantitative estimate of drug-likeness (QED) is 0.523. The van der Waals surface area contributed by atoms with Crippen molar-refractivity contribution in [3.8, 4) is 11.5 Å². The molecule has 1 heterocycles. The summed E-state index contributed by atoms with van der Waals surface area (Å²) in [6, 6.07) is 5.21. The van der Waals surface area contributed by atoms with Gasteiger partial charge in [-0.25, -0.2) is 9.89 Å². The van der Waals surface area contributed by atoms with E-state index in [2.05, 4.69) is 20.7 Å². The molecule has 0 radical (unpaired) electrons. The second kappa shape index (κ2) is 6.37. The van der Waals surface area contributed by atoms with E-state index in [0.29, 0.717) is 11.5 Å². The molecule has 0 bridgehead atoms. The van der Waals surface area contributed by atoms with E-state index in [9.17, 15) is 9.59 Å². The molecule has 0 atom stereocenters. The number of benzene rings is 1. The molecule has 9 nitrogen and oxygen atoms in total. The summed E-state index contributed by atoms with van der Waals surface area (Å²) in [5.74, 6) is 1.04. The normalized spacial score (nSPS) is 10.6. The molecule has 0 amide bonds. The Kier molecular flexibility index (Phi) is 4.34. The van der Waals surface area contributed by atoms with E-state index in [1.54, 1.807) is 25.3 Å². The van der Waals surface area contributed by atoms with Crippen molar-refractivity contribution in [2.45, 2.75) is 0 Å². The fourth-order valence-electron chi connectivity index (χ4n) is 1.52. The Morgan fingerprint density at radius 3 is 2.67 bits per heavy atom. The molecule has 2 rings (SSSR count). The minimum absolute atomic E-state index is 0.119. The summed E-state index contributed by atoms with van der Waals surface area (Å²) in [4.78, 5) is 24.2. The van der Waals surface area contributed by atoms with Crippen molar-refractivity contribution < 1.29 is 9.47 Å². The lowest BCUT2D eigenvalue weighted by molar-refractivity contribution is 0.355. The Bertz CT molecular complexity index is 765. The van der Waals surface area contributed by atoms with Crippen molar-refractivity contribution in [1.82, 2.24) is 15.2 Å². The number of anilines is 1. The Morgan fingerprint density at radius 1 is 1.24 bits per heavy atom. The number of hydrazone groups is 1. The molecule has 0 aliphatic rings. The number of hydrogen-bond donors (Lipinski definition) is 3. The first-order chi connectivity index (χ1) is 10.1. The van der Waals surface area contributed by atoms with Crippen molar-refractivity contribution >= 4 is 12.0 Å². The van der Waals surface area contributed by atoms with Gasteiger partial charge in [0, 0.05) is 0 Å². The number of nitrogens with one attached hydrogen (secondary N) is 3. The molecule has 0 unspecified atom stereocenters. The van der Waals surface area contributed by atoms with Crippen LogP contribution in [-0.2, 0) is 0 Å². The summed E-state index contributed by atoms with van der Waals surface area (Å²) in [5, 5.41) is 9.47. The largest absolute Gasteiger partial charge is 0.493 e. The van der Waals surface area contributed by atoms with Crippen LogP contribution in [0.2, 0.25) is 0 Å². The first-order valence-corrected chi connectivity index (χ1v) is 5.84. The number of nitrogens with zero attached hydrogens (tertiary/aromatic N) is 2. The third kappa shape index (κ3) is 3.47. The summed E-state index contributed by atoms with van der Waals surface area (Å²) in [5.41, 5.74) is 1.80. The van der Waals surface area contributed by atoms with Gasteiger partial charge < -0.3 is 9.47 Å². The average molecular weight is 291 g/mol. The van der Waals surface area contributed by atoms with Crippen LogP contribution in [0.25, 0.3) is 0 Å². The fourth-order valence-corrected chi connectivity index (χ4v) is 1.52. The lowest BCUT2D eigenvalue weighted by Crippen LogP contribution is -2.25. The van der Waals surface area contributed by atoms with Gasteiger partial charge in [0.15, 0.2) is 11.5 Å². The lowest BCUT2D eigenvalue weighted by Gasteiger charge is -2.07. The Hall–Kier alpha value is -3.10. The van der Waals surface area contributed by atoms with Gasteiger partial charge in [0.2, 0.25) is 5.82 Å². The highest BCUT2D eigenvalue weighted by Crippen LogP contribution is 2.26. The molecule has 9 heteroatoms. The van der Waals surface area contributed by atoms with Gasteiger partial charge in [0.05, 0.1) is 20.4 Å². The number of rotatable bonds is 5. The van der Waals surface area contributed by atoms with E-state index in [0.717, 1.165) is 5.56 Å². The number of aromatic amines is 2. The maximum Gasteiger partial charge on any atom is 0.342 e. The third-order valence-electron chi connectivity index (χ3n) is 2.50. The van der Waals surface area contributed by atoms with E-state index >= 15 is 0 Å². The molecule has 1 aromatic carbocycles. The minimum Gasteiger partial charge on any atom is -0.493 e. The maximum atomic E-state index is 11.4. The maximum absolute atomic E-state index is 11.4. The Balaban J connectivity index is 2.14. The number of ether oxygens (including phenoxy) is 2. The van der Waals surface area contributed by atoms with Gasteiger partial charge in [-0.2, -0.15) is 5.10 Å². The number of aromatic nitrogens is 3. The zero-order valence-corrected chi connectivity index (χ0v) is 11.3. The molecule has 0 fully saturated rings. The Morgan fingerprint density at radius 2 is 2.00 bits per heavy atom. The first-order valence-electron chi connectivity index (χ1n) is 5.84. The Labute approximate surface area is 118 Å². The highest BCUT2D eigenvalue weighted by molar-refractivity contribution is 5.81. The summed E-state index contributed by atoms with van der Waals surface area (Å²) in [6.07, 6.45) is 1.47. The molecule has 3 N–H and O–H groups in total. The van der Waals surface area contributed by atoms with Gasteiger partial charge in [-0.05, 0) is 23.8 Å². The predicted molar refractivity (Wildman–Crippen MR) is 76.2 cm³/mol. The summed E-state index contributed by atoms with van der Waals surface area (Å²) in [7, 11) is 3.07. The van der Waals surface area contributed by atoms with Crippen LogP contribution in [0.15, 0.2) is 32.9 Å². The van der Waals surface area contributed by atoms with Crippen LogP contribution in [0.4, 0.5) is 5.82 Å². The molecule has 110 valence electrons. The van der Waals surface area contributed by atoms with Gasteiger partial charge >= 0.3 is 5.69 Å². The number of H-pyrrole nitrogens is 2. The zero-order chi connectivity index (χ0) is 15.2. The molecule has 2 aromatic rings. The zero-order valence-electron chi connectivity index (χ0n) is 11.3. The lowest BCUT2D eigenvalue weighted by atomic mass is 10.2. The van der Waals surface area contributed by atoms with Crippen LogP contribution in [0.5, 0.6) is 11.5 Å². The van der Waals surface area contributed by atoms with Gasteiger partial charge in [0.1, 0.15) is 0 Å². The van der Waals surface area contributed by atoms with E-state index in [4.69, 9.17) is 9.47 Å². The topological polar surface area (TPSA) is 121 Å². The first kappa shape index (κ1) is 14.3. The number of hydrogen-bond acceptors (Lipinski definition) is 7. The van der Waals surface area contributed by atoms with Crippen LogP contribution in [-0.4, -0.2) is 35.6 Å². The summed E-state index contributed by atoms with van der Waals surface area (Å²) >= 11 is 0. The smallest absolute Gasteiger partial charge is 0.342 e. The molecule has 0 aliphatic carbocycles. The van der Waals surface area contributed by atoms with Gasteiger partial charge in [0.25, 0.3) is 5.56 Å². The molecular formula is C12H13N5O4. The number of methoxy groups -OCH3 is 2. The molecular weight excluding hydrogens is 278 g/mol. The van der Waals surface area contributed by atoms with E-state index in [1.165, 1.54) is 13.3 Å². The van der Waals surface area contributed by atoms with Gasteiger partial charge in [-0.1, -0.05) is 0 Å². The predicted octanol–water partition coefficient (Wildman–Crippen LogP) is -0.0786. The van der Waals surface area contributed by atoms with Gasteiger partial charge in [-0.3, -0.25) is 15.2 Å². The summed E-state index contributed by atoms with van der Waals surface area (Å²) in [6.45, 7) is 0. The van der Waals surface area contributed by atoms with Crippen molar-refractivity contribution in [2.24, 2.45) is 5.10 Å². The molecule has 0 saturated carbocycles. The van der Waals surface area contributed by atoms with Crippen LogP contribution in [0, 0.1) is 0 Å². The molecule has 21 heavy (non-hydrogen) atoms. The van der Waals surface area contributed by atoms with Crippen molar-refractivity contribution in [2.75, 3.05) is 19.6 Å². The van der Waals surface area contributed by atoms with Crippen molar-refractivity contribution in [3.63, 3.8) is 0 Å². The van der Waals surface area contributed by atoms with E-state index < -0.39 is 11.2 Å². The van der Waals surface area contributed by atoms with Crippen LogP contribution in [0.3, 0.4) is 0 Å².